The normalized spacial score (nSPS) is 9.93. The van der Waals surface area contributed by atoms with Crippen LogP contribution in [0.15, 0.2) is 12.7 Å². The van der Waals surface area contributed by atoms with E-state index in [-0.39, 0.29) is 5.97 Å². The van der Waals surface area contributed by atoms with Gasteiger partial charge in [0, 0.05) is 12.7 Å². The molecule has 0 heterocycles. The summed E-state index contributed by atoms with van der Waals surface area (Å²) in [6.07, 6.45) is 7.32. The molecule has 0 atom stereocenters. The van der Waals surface area contributed by atoms with Crippen molar-refractivity contribution in [2.24, 2.45) is 0 Å². The molecule has 0 bridgehead atoms. The first kappa shape index (κ1) is 14.2. The molecule has 0 spiro atoms. The van der Waals surface area contributed by atoms with E-state index in [1.807, 2.05) is 0 Å². The van der Waals surface area contributed by atoms with Crippen molar-refractivity contribution in [3.05, 3.63) is 12.7 Å². The molecule has 0 N–H and O–H groups in total. The summed E-state index contributed by atoms with van der Waals surface area (Å²) in [6.45, 7) is 7.06. The summed E-state index contributed by atoms with van der Waals surface area (Å²) in [5, 5.41) is 0. The number of esters is 1. The Hall–Kier alpha value is -0.830. The molecular weight excluding hydrogens is 192 g/mol. The highest BCUT2D eigenvalue weighted by atomic mass is 16.6. The van der Waals surface area contributed by atoms with Gasteiger partial charge in [0.1, 0.15) is 6.61 Å². The fraction of sp³-hybridized carbons (Fsp3) is 0.750. The van der Waals surface area contributed by atoms with E-state index < -0.39 is 0 Å². The van der Waals surface area contributed by atoms with E-state index in [1.54, 1.807) is 0 Å². The molecule has 0 aromatic rings. The van der Waals surface area contributed by atoms with Gasteiger partial charge in [-0.05, 0) is 6.42 Å². The third-order valence-corrected chi connectivity index (χ3v) is 2.03. The lowest BCUT2D eigenvalue weighted by Gasteiger charge is -2.04. The molecule has 0 saturated heterocycles. The number of hydrogen-bond acceptors (Lipinski definition) is 3. The SMILES string of the molecule is C=CC(=O)OCCOCCCCCCC. The first-order valence-corrected chi connectivity index (χ1v) is 5.68. The van der Waals surface area contributed by atoms with Crippen molar-refractivity contribution in [1.29, 1.82) is 0 Å². The molecule has 3 heteroatoms. The Morgan fingerprint density at radius 3 is 2.53 bits per heavy atom. The zero-order valence-electron chi connectivity index (χ0n) is 9.67. The minimum absolute atomic E-state index is 0.319. The second-order valence-electron chi connectivity index (χ2n) is 3.40. The largest absolute Gasteiger partial charge is 0.460 e. The summed E-state index contributed by atoms with van der Waals surface area (Å²) in [4.78, 5) is 10.6. The molecule has 0 radical (unpaired) electrons. The van der Waals surface area contributed by atoms with Crippen LogP contribution < -0.4 is 0 Å². The fourth-order valence-electron chi connectivity index (χ4n) is 1.17. The molecule has 0 amide bonds. The van der Waals surface area contributed by atoms with Crippen molar-refractivity contribution in [3.8, 4) is 0 Å². The number of ether oxygens (including phenoxy) is 2. The predicted molar refractivity (Wildman–Crippen MR) is 60.7 cm³/mol. The van der Waals surface area contributed by atoms with Crippen LogP contribution in [0.25, 0.3) is 0 Å². The average molecular weight is 214 g/mol. The zero-order chi connectivity index (χ0) is 11.4. The quantitative estimate of drug-likeness (QED) is 0.318. The van der Waals surface area contributed by atoms with E-state index in [0.29, 0.717) is 13.2 Å². The van der Waals surface area contributed by atoms with Crippen LogP contribution >= 0.6 is 0 Å². The third-order valence-electron chi connectivity index (χ3n) is 2.03. The van der Waals surface area contributed by atoms with Gasteiger partial charge in [0.25, 0.3) is 0 Å². The Balaban J connectivity index is 2.98. The number of carbonyl (C=O) groups is 1. The topological polar surface area (TPSA) is 35.5 Å². The van der Waals surface area contributed by atoms with E-state index in [4.69, 9.17) is 9.47 Å². The average Bonchev–Trinajstić information content (AvgIpc) is 2.26. The van der Waals surface area contributed by atoms with Crippen LogP contribution in [0.2, 0.25) is 0 Å². The molecule has 0 aromatic heterocycles. The van der Waals surface area contributed by atoms with Crippen LogP contribution in [0.5, 0.6) is 0 Å². The van der Waals surface area contributed by atoms with E-state index in [1.165, 1.54) is 25.7 Å². The van der Waals surface area contributed by atoms with Crippen molar-refractivity contribution in [2.45, 2.75) is 39.0 Å². The highest BCUT2D eigenvalue weighted by Gasteiger charge is 1.94. The van der Waals surface area contributed by atoms with Gasteiger partial charge in [0.15, 0.2) is 0 Å². The van der Waals surface area contributed by atoms with Crippen molar-refractivity contribution < 1.29 is 14.3 Å². The molecule has 88 valence electrons. The van der Waals surface area contributed by atoms with E-state index >= 15 is 0 Å². The highest BCUT2D eigenvalue weighted by molar-refractivity contribution is 5.81. The summed E-state index contributed by atoms with van der Waals surface area (Å²) >= 11 is 0. The van der Waals surface area contributed by atoms with Gasteiger partial charge >= 0.3 is 5.97 Å². The molecule has 0 unspecified atom stereocenters. The van der Waals surface area contributed by atoms with E-state index in [0.717, 1.165) is 19.1 Å². The van der Waals surface area contributed by atoms with Crippen LogP contribution in [-0.4, -0.2) is 25.8 Å². The zero-order valence-corrected chi connectivity index (χ0v) is 9.67. The lowest BCUT2D eigenvalue weighted by atomic mass is 10.2. The van der Waals surface area contributed by atoms with Crippen LogP contribution in [0.1, 0.15) is 39.0 Å². The van der Waals surface area contributed by atoms with Gasteiger partial charge in [-0.25, -0.2) is 4.79 Å². The highest BCUT2D eigenvalue weighted by Crippen LogP contribution is 2.02. The first-order chi connectivity index (χ1) is 7.31. The third kappa shape index (κ3) is 11.1. The Morgan fingerprint density at radius 1 is 1.13 bits per heavy atom. The first-order valence-electron chi connectivity index (χ1n) is 5.68. The second-order valence-corrected chi connectivity index (χ2v) is 3.40. The molecule has 15 heavy (non-hydrogen) atoms. The minimum Gasteiger partial charge on any atom is -0.460 e. The molecule has 0 aliphatic heterocycles. The maximum atomic E-state index is 10.6. The van der Waals surface area contributed by atoms with Crippen LogP contribution in [-0.2, 0) is 14.3 Å². The van der Waals surface area contributed by atoms with Crippen molar-refractivity contribution in [1.82, 2.24) is 0 Å². The van der Waals surface area contributed by atoms with Gasteiger partial charge in [-0.2, -0.15) is 0 Å². The predicted octanol–water partition coefficient (Wildman–Crippen LogP) is 2.70. The van der Waals surface area contributed by atoms with Crippen molar-refractivity contribution in [2.75, 3.05) is 19.8 Å². The van der Waals surface area contributed by atoms with E-state index in [9.17, 15) is 4.79 Å². The molecule has 0 aliphatic rings. The molecule has 3 nitrogen and oxygen atoms in total. The Labute approximate surface area is 92.5 Å². The van der Waals surface area contributed by atoms with Crippen LogP contribution in [0, 0.1) is 0 Å². The minimum atomic E-state index is -0.387. The molecule has 0 aromatic carbocycles. The number of carbonyl (C=O) groups excluding carboxylic acids is 1. The van der Waals surface area contributed by atoms with Crippen molar-refractivity contribution in [3.63, 3.8) is 0 Å². The molecule has 0 rings (SSSR count). The Bertz CT molecular complexity index is 166. The number of unbranched alkanes of at least 4 members (excludes halogenated alkanes) is 4. The summed E-state index contributed by atoms with van der Waals surface area (Å²) in [5.41, 5.74) is 0. The summed E-state index contributed by atoms with van der Waals surface area (Å²) < 4.78 is 10.1. The monoisotopic (exact) mass is 214 g/mol. The van der Waals surface area contributed by atoms with Gasteiger partial charge in [-0.15, -0.1) is 0 Å². The fourth-order valence-corrected chi connectivity index (χ4v) is 1.17. The summed E-state index contributed by atoms with van der Waals surface area (Å²) in [6, 6.07) is 0. The van der Waals surface area contributed by atoms with Crippen molar-refractivity contribution >= 4 is 5.97 Å². The smallest absolute Gasteiger partial charge is 0.330 e. The van der Waals surface area contributed by atoms with Gasteiger partial charge in [-0.3, -0.25) is 0 Å². The maximum absolute atomic E-state index is 10.6. The second kappa shape index (κ2) is 11.2. The molecule has 0 saturated carbocycles. The lowest BCUT2D eigenvalue weighted by molar-refractivity contribution is -0.139. The van der Waals surface area contributed by atoms with Gasteiger partial charge in [0.05, 0.1) is 6.61 Å². The summed E-state index contributed by atoms with van der Waals surface area (Å²) in [5.74, 6) is -0.387. The number of hydrogen-bond donors (Lipinski definition) is 0. The van der Waals surface area contributed by atoms with Gasteiger partial charge in [0.2, 0.25) is 0 Å². The molecular formula is C12H22O3. The van der Waals surface area contributed by atoms with Crippen LogP contribution in [0.4, 0.5) is 0 Å². The summed E-state index contributed by atoms with van der Waals surface area (Å²) in [7, 11) is 0. The van der Waals surface area contributed by atoms with E-state index in [2.05, 4.69) is 13.5 Å². The van der Waals surface area contributed by atoms with Gasteiger partial charge in [-0.1, -0.05) is 39.2 Å². The standard InChI is InChI=1S/C12H22O3/c1-3-5-6-7-8-9-14-10-11-15-12(13)4-2/h4H,2-3,5-11H2,1H3. The molecule has 0 fully saturated rings. The Kier molecular flexibility index (Phi) is 10.6. The lowest BCUT2D eigenvalue weighted by Crippen LogP contribution is -2.08. The number of rotatable bonds is 10. The molecule has 0 aliphatic carbocycles. The van der Waals surface area contributed by atoms with Crippen LogP contribution in [0.3, 0.4) is 0 Å². The van der Waals surface area contributed by atoms with Gasteiger partial charge < -0.3 is 9.47 Å². The Morgan fingerprint density at radius 2 is 1.87 bits per heavy atom. The maximum Gasteiger partial charge on any atom is 0.330 e.